The van der Waals surface area contributed by atoms with E-state index in [2.05, 4.69) is 6.92 Å². The van der Waals surface area contributed by atoms with Crippen LogP contribution >= 0.6 is 0 Å². The van der Waals surface area contributed by atoms with Crippen LogP contribution in [0.1, 0.15) is 43.0 Å². The standard InChI is InChI=1S/C12H17NO3.ClH/c1-2-3-4-5-8-13-9-10(12(15)16)6-7-11(13)14;/h6-7,9H,2-5,8H2,1H3,(H,15,16);1H. The lowest BCUT2D eigenvalue weighted by molar-refractivity contribution is -0.703. The number of aryl methyl sites for hydroxylation is 1. The Morgan fingerprint density at radius 3 is 2.59 bits per heavy atom. The molecule has 0 spiro atoms. The molecule has 0 unspecified atom stereocenters. The smallest absolute Gasteiger partial charge is 0.365 e. The van der Waals surface area contributed by atoms with E-state index in [1.54, 1.807) is 4.57 Å². The van der Waals surface area contributed by atoms with Crippen LogP contribution in [-0.2, 0) is 6.54 Å². The van der Waals surface area contributed by atoms with Gasteiger partial charge >= 0.3 is 11.8 Å². The van der Waals surface area contributed by atoms with E-state index in [0.29, 0.717) is 6.54 Å². The van der Waals surface area contributed by atoms with E-state index in [1.807, 2.05) is 0 Å². The molecule has 0 aliphatic carbocycles. The third-order valence-corrected chi connectivity index (χ3v) is 2.50. The maximum absolute atomic E-state index is 10.7. The van der Waals surface area contributed by atoms with E-state index in [1.165, 1.54) is 24.8 Å². The molecule has 1 aromatic heterocycles. The van der Waals surface area contributed by atoms with Crippen LogP contribution in [-0.4, -0.2) is 16.2 Å². The normalized spacial score (nSPS) is 9.71. The Morgan fingerprint density at radius 1 is 1.29 bits per heavy atom. The number of hydrogen-bond donors (Lipinski definition) is 2. The lowest BCUT2D eigenvalue weighted by atomic mass is 10.2. The molecular formula is C12H18ClNO3. The van der Waals surface area contributed by atoms with Gasteiger partial charge in [0.1, 0.15) is 5.56 Å². The Hall–Kier alpha value is -1.29. The van der Waals surface area contributed by atoms with Gasteiger partial charge in [0.15, 0.2) is 12.7 Å². The molecular weight excluding hydrogens is 242 g/mol. The topological polar surface area (TPSA) is 61.4 Å². The summed E-state index contributed by atoms with van der Waals surface area (Å²) < 4.78 is 1.58. The number of unbranched alkanes of at least 4 members (excludes halogenated alkanes) is 3. The van der Waals surface area contributed by atoms with Crippen LogP contribution in [0.5, 0.6) is 5.88 Å². The highest BCUT2D eigenvalue weighted by Gasteiger charge is 2.13. The molecule has 1 rings (SSSR count). The van der Waals surface area contributed by atoms with Crippen LogP contribution in [0, 0.1) is 0 Å². The quantitative estimate of drug-likeness (QED) is 0.507. The van der Waals surface area contributed by atoms with E-state index in [-0.39, 0.29) is 23.9 Å². The number of aromatic hydroxyl groups is 1. The van der Waals surface area contributed by atoms with Crippen molar-refractivity contribution in [3.63, 3.8) is 0 Å². The molecule has 1 aromatic rings. The number of rotatable bonds is 6. The summed E-state index contributed by atoms with van der Waals surface area (Å²) in [5.74, 6) is -0.858. The second-order valence-electron chi connectivity index (χ2n) is 3.84. The Balaban J connectivity index is 0.00000256. The van der Waals surface area contributed by atoms with E-state index >= 15 is 0 Å². The zero-order chi connectivity index (χ0) is 12.0. The fourth-order valence-corrected chi connectivity index (χ4v) is 1.55. The van der Waals surface area contributed by atoms with E-state index in [9.17, 15) is 9.90 Å². The lowest BCUT2D eigenvalue weighted by Crippen LogP contribution is -3.00. The number of nitrogens with zero attached hydrogens (tertiary/aromatic N) is 1. The average molecular weight is 260 g/mol. The highest BCUT2D eigenvalue weighted by molar-refractivity contribution is 5.86. The van der Waals surface area contributed by atoms with Crippen LogP contribution in [0.3, 0.4) is 0 Å². The van der Waals surface area contributed by atoms with Gasteiger partial charge in [-0.15, -0.1) is 0 Å². The number of aromatic nitrogens is 1. The van der Waals surface area contributed by atoms with Gasteiger partial charge in [0.25, 0.3) is 0 Å². The first-order chi connectivity index (χ1) is 7.65. The number of pyridine rings is 1. The van der Waals surface area contributed by atoms with Gasteiger partial charge in [0.2, 0.25) is 0 Å². The first-order valence-electron chi connectivity index (χ1n) is 5.61. The second kappa shape index (κ2) is 7.90. The van der Waals surface area contributed by atoms with Gasteiger partial charge in [-0.25, -0.2) is 4.79 Å². The van der Waals surface area contributed by atoms with Crippen LogP contribution in [0.2, 0.25) is 0 Å². The third kappa shape index (κ3) is 5.04. The van der Waals surface area contributed by atoms with Crippen molar-refractivity contribution in [2.45, 2.75) is 39.2 Å². The molecule has 0 saturated carbocycles. The molecule has 0 aromatic carbocycles. The molecule has 0 aliphatic rings. The van der Waals surface area contributed by atoms with Crippen LogP contribution < -0.4 is 17.0 Å². The number of hydrogen-bond acceptors (Lipinski definition) is 2. The predicted octanol–water partition coefficient (Wildman–Crippen LogP) is -1.04. The Kier molecular flexibility index (Phi) is 7.30. The number of carbonyl (C=O) groups is 1. The van der Waals surface area contributed by atoms with Crippen molar-refractivity contribution < 1.29 is 32.0 Å². The van der Waals surface area contributed by atoms with Crippen molar-refractivity contribution in [1.82, 2.24) is 0 Å². The lowest BCUT2D eigenvalue weighted by Gasteiger charge is -2.00. The summed E-state index contributed by atoms with van der Waals surface area (Å²) in [6, 6.07) is 2.82. The molecule has 0 saturated heterocycles. The van der Waals surface area contributed by atoms with Gasteiger partial charge in [0.05, 0.1) is 6.07 Å². The van der Waals surface area contributed by atoms with Gasteiger partial charge in [-0.3, -0.25) is 0 Å². The molecule has 4 nitrogen and oxygen atoms in total. The predicted molar refractivity (Wildman–Crippen MR) is 59.4 cm³/mol. The minimum Gasteiger partial charge on any atom is -1.00 e. The summed E-state index contributed by atoms with van der Waals surface area (Å²) in [6.45, 7) is 2.79. The van der Waals surface area contributed by atoms with Crippen LogP contribution in [0.4, 0.5) is 0 Å². The molecule has 17 heavy (non-hydrogen) atoms. The van der Waals surface area contributed by atoms with Gasteiger partial charge in [-0.05, 0) is 12.5 Å². The number of aromatic carboxylic acids is 1. The summed E-state index contributed by atoms with van der Waals surface area (Å²) in [4.78, 5) is 10.7. The summed E-state index contributed by atoms with van der Waals surface area (Å²) in [5.41, 5.74) is 0.202. The number of carboxylic acid groups (broad SMARTS) is 1. The monoisotopic (exact) mass is 259 g/mol. The Bertz CT molecular complexity index is 369. The van der Waals surface area contributed by atoms with Crippen molar-refractivity contribution in [1.29, 1.82) is 0 Å². The fraction of sp³-hybridized carbons (Fsp3) is 0.500. The van der Waals surface area contributed by atoms with E-state index in [0.717, 1.165) is 19.3 Å². The minimum absolute atomic E-state index is 0. The fourth-order valence-electron chi connectivity index (χ4n) is 1.55. The third-order valence-electron chi connectivity index (χ3n) is 2.50. The first kappa shape index (κ1) is 15.7. The number of halogens is 1. The Morgan fingerprint density at radius 2 is 2.00 bits per heavy atom. The van der Waals surface area contributed by atoms with Gasteiger partial charge in [-0.2, -0.15) is 4.57 Å². The maximum Gasteiger partial charge on any atom is 0.365 e. The van der Waals surface area contributed by atoms with Crippen LogP contribution in [0.15, 0.2) is 18.3 Å². The maximum atomic E-state index is 10.7. The zero-order valence-electron chi connectivity index (χ0n) is 9.90. The molecule has 0 aliphatic heterocycles. The van der Waals surface area contributed by atoms with Crippen molar-refractivity contribution in [3.8, 4) is 5.88 Å². The molecule has 0 atom stereocenters. The van der Waals surface area contributed by atoms with Gasteiger partial charge in [0, 0.05) is 6.42 Å². The highest BCUT2D eigenvalue weighted by Crippen LogP contribution is 2.05. The Labute approximate surface area is 107 Å². The second-order valence-corrected chi connectivity index (χ2v) is 3.84. The molecule has 0 bridgehead atoms. The molecule has 2 N–H and O–H groups in total. The van der Waals surface area contributed by atoms with Crippen molar-refractivity contribution >= 4 is 5.97 Å². The molecule has 1 heterocycles. The molecule has 96 valence electrons. The summed E-state index contributed by atoms with van der Waals surface area (Å²) >= 11 is 0. The molecule has 0 fully saturated rings. The van der Waals surface area contributed by atoms with Crippen molar-refractivity contribution in [2.24, 2.45) is 0 Å². The van der Waals surface area contributed by atoms with Crippen molar-refractivity contribution in [2.75, 3.05) is 0 Å². The van der Waals surface area contributed by atoms with Crippen LogP contribution in [0.25, 0.3) is 0 Å². The van der Waals surface area contributed by atoms with E-state index in [4.69, 9.17) is 5.11 Å². The summed E-state index contributed by atoms with van der Waals surface area (Å²) in [5, 5.41) is 18.4. The van der Waals surface area contributed by atoms with Crippen molar-refractivity contribution in [3.05, 3.63) is 23.9 Å². The molecule has 0 radical (unpaired) electrons. The molecule has 0 amide bonds. The van der Waals surface area contributed by atoms with Gasteiger partial charge in [-0.1, -0.05) is 19.8 Å². The zero-order valence-corrected chi connectivity index (χ0v) is 10.7. The highest BCUT2D eigenvalue weighted by atomic mass is 35.5. The minimum atomic E-state index is -0.970. The average Bonchev–Trinajstić information content (AvgIpc) is 2.26. The molecule has 5 heteroatoms. The largest absolute Gasteiger partial charge is 1.00 e. The number of carboxylic acids is 1. The summed E-state index contributed by atoms with van der Waals surface area (Å²) in [6.07, 6.45) is 5.85. The van der Waals surface area contributed by atoms with E-state index < -0.39 is 5.97 Å². The summed E-state index contributed by atoms with van der Waals surface area (Å²) in [7, 11) is 0. The van der Waals surface area contributed by atoms with Gasteiger partial charge < -0.3 is 22.6 Å². The SMILES string of the molecule is CCCCCC[n+]1cc(C(=O)O)ccc1O.[Cl-]. The first-order valence-corrected chi connectivity index (χ1v) is 5.61.